The zero-order valence-corrected chi connectivity index (χ0v) is 9.12. The van der Waals surface area contributed by atoms with Gasteiger partial charge in [0.2, 0.25) is 0 Å². The van der Waals surface area contributed by atoms with Crippen molar-refractivity contribution >= 4 is 5.97 Å². The van der Waals surface area contributed by atoms with Crippen LogP contribution in [0.5, 0.6) is 0 Å². The predicted octanol–water partition coefficient (Wildman–Crippen LogP) is 2.93. The second kappa shape index (κ2) is 4.38. The van der Waals surface area contributed by atoms with Crippen LogP contribution in [0.1, 0.15) is 16.1 Å². The number of carboxylic acid groups (broad SMARTS) is 1. The lowest BCUT2D eigenvalue weighted by Gasteiger charge is -2.11. The first-order chi connectivity index (χ1) is 8.79. The Bertz CT molecular complexity index is 634. The van der Waals surface area contributed by atoms with Crippen molar-refractivity contribution in [3.05, 3.63) is 41.5 Å². The third-order valence-electron chi connectivity index (χ3n) is 2.35. The Morgan fingerprint density at radius 1 is 1.32 bits per heavy atom. The van der Waals surface area contributed by atoms with Gasteiger partial charge in [-0.2, -0.15) is 13.2 Å². The summed E-state index contributed by atoms with van der Waals surface area (Å²) >= 11 is 0. The van der Waals surface area contributed by atoms with Crippen LogP contribution in [-0.2, 0) is 6.18 Å². The lowest BCUT2D eigenvalue weighted by atomic mass is 10.1. The van der Waals surface area contributed by atoms with Crippen molar-refractivity contribution < 1.29 is 27.5 Å². The van der Waals surface area contributed by atoms with Gasteiger partial charge in [-0.3, -0.25) is 0 Å². The zero-order valence-electron chi connectivity index (χ0n) is 9.12. The fourth-order valence-corrected chi connectivity index (χ4v) is 1.53. The van der Waals surface area contributed by atoms with Crippen molar-refractivity contribution in [2.75, 3.05) is 0 Å². The summed E-state index contributed by atoms with van der Waals surface area (Å²) in [7, 11) is 0. The van der Waals surface area contributed by atoms with E-state index in [1.54, 1.807) is 0 Å². The van der Waals surface area contributed by atoms with Gasteiger partial charge in [0, 0.05) is 5.56 Å². The number of hydrogen-bond acceptors (Lipinski definition) is 2. The summed E-state index contributed by atoms with van der Waals surface area (Å²) in [5.41, 5.74) is -2.02. The second-order valence-electron chi connectivity index (χ2n) is 3.64. The van der Waals surface area contributed by atoms with Crippen LogP contribution in [0.25, 0.3) is 11.4 Å². The molecule has 0 aliphatic carbocycles. The third-order valence-corrected chi connectivity index (χ3v) is 2.35. The van der Waals surface area contributed by atoms with Crippen LogP contribution in [0.3, 0.4) is 0 Å². The lowest BCUT2D eigenvalue weighted by Crippen LogP contribution is -2.08. The van der Waals surface area contributed by atoms with E-state index in [1.807, 2.05) is 0 Å². The first kappa shape index (κ1) is 13.1. The number of H-pyrrole nitrogens is 1. The Morgan fingerprint density at radius 2 is 2.00 bits per heavy atom. The molecule has 2 rings (SSSR count). The molecule has 0 fully saturated rings. The molecule has 0 saturated carbocycles. The van der Waals surface area contributed by atoms with Crippen LogP contribution in [-0.4, -0.2) is 21.0 Å². The van der Waals surface area contributed by atoms with Gasteiger partial charge in [-0.05, 0) is 18.2 Å². The largest absolute Gasteiger partial charge is 0.477 e. The molecule has 0 saturated heterocycles. The molecule has 0 unspecified atom stereocenters. The van der Waals surface area contributed by atoms with Crippen LogP contribution in [0, 0.1) is 5.82 Å². The van der Waals surface area contributed by atoms with Gasteiger partial charge in [-0.1, -0.05) is 0 Å². The number of nitrogens with zero attached hydrogens (tertiary/aromatic N) is 1. The molecule has 8 heteroatoms. The van der Waals surface area contributed by atoms with Gasteiger partial charge < -0.3 is 10.1 Å². The van der Waals surface area contributed by atoms with Gasteiger partial charge >= 0.3 is 12.1 Å². The summed E-state index contributed by atoms with van der Waals surface area (Å²) < 4.78 is 51.3. The number of hydrogen-bond donors (Lipinski definition) is 2. The molecule has 0 spiro atoms. The normalized spacial score (nSPS) is 11.6. The van der Waals surface area contributed by atoms with E-state index in [4.69, 9.17) is 5.11 Å². The Kier molecular flexibility index (Phi) is 3.01. The quantitative estimate of drug-likeness (QED) is 0.827. The maximum atomic E-state index is 13.1. The number of aromatic amines is 1. The van der Waals surface area contributed by atoms with Crippen molar-refractivity contribution in [3.63, 3.8) is 0 Å². The summed E-state index contributed by atoms with van der Waals surface area (Å²) in [5.74, 6) is -2.61. The molecule has 100 valence electrons. The van der Waals surface area contributed by atoms with Gasteiger partial charge in [-0.15, -0.1) is 0 Å². The minimum atomic E-state index is -4.70. The van der Waals surface area contributed by atoms with E-state index in [1.165, 1.54) is 0 Å². The summed E-state index contributed by atoms with van der Waals surface area (Å²) in [6.07, 6.45) is -3.83. The van der Waals surface area contributed by atoms with Gasteiger partial charge in [0.1, 0.15) is 17.3 Å². The summed E-state index contributed by atoms with van der Waals surface area (Å²) in [6.45, 7) is 0. The average Bonchev–Trinajstić information content (AvgIpc) is 2.76. The van der Waals surface area contributed by atoms with Crippen LogP contribution >= 0.6 is 0 Å². The Balaban J connectivity index is 2.59. The molecule has 0 bridgehead atoms. The topological polar surface area (TPSA) is 66.0 Å². The molecule has 19 heavy (non-hydrogen) atoms. The second-order valence-corrected chi connectivity index (χ2v) is 3.64. The highest BCUT2D eigenvalue weighted by molar-refractivity contribution is 5.86. The monoisotopic (exact) mass is 274 g/mol. The summed E-state index contributed by atoms with van der Waals surface area (Å²) in [4.78, 5) is 16.3. The molecule has 0 atom stereocenters. The van der Waals surface area contributed by atoms with Crippen molar-refractivity contribution in [2.24, 2.45) is 0 Å². The van der Waals surface area contributed by atoms with Crippen molar-refractivity contribution in [1.29, 1.82) is 0 Å². The first-order valence-electron chi connectivity index (χ1n) is 4.94. The standard InChI is InChI=1S/C11H6F4N2O2/c12-5-1-2-7(11(13,14)15)6(3-5)9-16-4-8(17-9)10(18)19/h1-4H,(H,16,17)(H,18,19). The Morgan fingerprint density at radius 3 is 2.53 bits per heavy atom. The number of aromatic carboxylic acids is 1. The maximum absolute atomic E-state index is 13.1. The van der Waals surface area contributed by atoms with E-state index in [2.05, 4.69) is 9.97 Å². The molecule has 2 aromatic rings. The van der Waals surface area contributed by atoms with Crippen LogP contribution < -0.4 is 0 Å². The smallest absolute Gasteiger partial charge is 0.417 e. The maximum Gasteiger partial charge on any atom is 0.417 e. The predicted molar refractivity (Wildman–Crippen MR) is 55.9 cm³/mol. The molecule has 1 aromatic carbocycles. The van der Waals surface area contributed by atoms with E-state index in [0.717, 1.165) is 6.20 Å². The van der Waals surface area contributed by atoms with Crippen molar-refractivity contribution in [2.45, 2.75) is 6.18 Å². The molecule has 4 nitrogen and oxygen atoms in total. The van der Waals surface area contributed by atoms with Gasteiger partial charge in [-0.25, -0.2) is 14.2 Å². The molecule has 2 N–H and O–H groups in total. The number of rotatable bonds is 2. The minimum absolute atomic E-state index is 0.357. The number of aromatic nitrogens is 2. The molecule has 0 amide bonds. The molecule has 0 aliphatic heterocycles. The summed E-state index contributed by atoms with van der Waals surface area (Å²) in [5, 5.41) is 8.66. The van der Waals surface area contributed by atoms with E-state index >= 15 is 0 Å². The highest BCUT2D eigenvalue weighted by atomic mass is 19.4. The highest BCUT2D eigenvalue weighted by Crippen LogP contribution is 2.36. The fourth-order valence-electron chi connectivity index (χ4n) is 1.53. The number of carbonyl (C=O) groups is 1. The van der Waals surface area contributed by atoms with Gasteiger partial charge in [0.15, 0.2) is 0 Å². The van der Waals surface area contributed by atoms with Crippen LogP contribution in [0.15, 0.2) is 24.4 Å². The van der Waals surface area contributed by atoms with Gasteiger partial charge in [0.05, 0.1) is 11.8 Å². The lowest BCUT2D eigenvalue weighted by molar-refractivity contribution is -0.137. The Labute approximate surface area is 103 Å². The number of imidazole rings is 1. The average molecular weight is 274 g/mol. The zero-order chi connectivity index (χ0) is 14.2. The molecule has 0 aliphatic rings. The van der Waals surface area contributed by atoms with Crippen LogP contribution in [0.2, 0.25) is 0 Å². The molecule has 1 aromatic heterocycles. The van der Waals surface area contributed by atoms with E-state index in [-0.39, 0.29) is 11.5 Å². The molecule has 0 radical (unpaired) electrons. The van der Waals surface area contributed by atoms with Crippen molar-refractivity contribution in [3.8, 4) is 11.4 Å². The van der Waals surface area contributed by atoms with Crippen molar-refractivity contribution in [1.82, 2.24) is 9.97 Å². The number of carboxylic acids is 1. The fraction of sp³-hybridized carbons (Fsp3) is 0.0909. The first-order valence-corrected chi connectivity index (χ1v) is 4.94. The summed E-state index contributed by atoms with van der Waals surface area (Å²) in [6, 6.07) is 1.90. The molecular formula is C11H6F4N2O2. The third kappa shape index (κ3) is 2.56. The number of alkyl halides is 3. The number of nitrogens with one attached hydrogen (secondary N) is 1. The SMILES string of the molecule is O=C(O)c1cnc(-c2cc(F)ccc2C(F)(F)F)[nH]1. The molecule has 1 heterocycles. The Hall–Kier alpha value is -2.38. The number of benzene rings is 1. The van der Waals surface area contributed by atoms with E-state index in [0.29, 0.717) is 18.2 Å². The van der Waals surface area contributed by atoms with E-state index < -0.39 is 29.1 Å². The minimum Gasteiger partial charge on any atom is -0.477 e. The number of halogens is 4. The molecular weight excluding hydrogens is 268 g/mol. The van der Waals surface area contributed by atoms with Gasteiger partial charge in [0.25, 0.3) is 0 Å². The van der Waals surface area contributed by atoms with Crippen LogP contribution in [0.4, 0.5) is 17.6 Å². The highest BCUT2D eigenvalue weighted by Gasteiger charge is 2.34. The van der Waals surface area contributed by atoms with E-state index in [9.17, 15) is 22.4 Å².